The number of fused-ring (bicyclic) bond motifs is 6. The van der Waals surface area contributed by atoms with Crippen LogP contribution in [0.4, 0.5) is 4.79 Å². The Labute approximate surface area is 196 Å². The van der Waals surface area contributed by atoms with Gasteiger partial charge in [0.05, 0.1) is 0 Å². The van der Waals surface area contributed by atoms with Gasteiger partial charge in [0, 0.05) is 35.4 Å². The minimum atomic E-state index is -1.14. The van der Waals surface area contributed by atoms with Gasteiger partial charge in [0.15, 0.2) is 5.72 Å². The molecule has 2 N–H and O–H groups in total. The maximum atomic E-state index is 12.9. The predicted octanol–water partition coefficient (Wildman–Crippen LogP) is 5.06. The number of H-pyrrole nitrogens is 1. The molecular weight excluding hydrogens is 428 g/mol. The molecule has 0 saturated heterocycles. The van der Waals surface area contributed by atoms with Crippen molar-refractivity contribution in [2.75, 3.05) is 6.61 Å². The molecule has 1 heterocycles. The lowest BCUT2D eigenvalue weighted by atomic mass is 9.88. The summed E-state index contributed by atoms with van der Waals surface area (Å²) >= 11 is 0. The van der Waals surface area contributed by atoms with Gasteiger partial charge in [-0.05, 0) is 40.3 Å². The first kappa shape index (κ1) is 20.5. The number of hydrogen-bond donors (Lipinski definition) is 2. The van der Waals surface area contributed by atoms with Crippen molar-refractivity contribution in [3.05, 3.63) is 95.2 Å². The van der Waals surface area contributed by atoms with Crippen LogP contribution >= 0.6 is 0 Å². The lowest BCUT2D eigenvalue weighted by Gasteiger charge is -2.35. The highest BCUT2D eigenvalue weighted by Crippen LogP contribution is 2.44. The largest absolute Gasteiger partial charge is 0.448 e. The number of rotatable bonds is 5. The molecule has 0 aliphatic heterocycles. The monoisotopic (exact) mass is 452 g/mol. The van der Waals surface area contributed by atoms with Gasteiger partial charge >= 0.3 is 6.09 Å². The molecule has 3 aromatic carbocycles. The van der Waals surface area contributed by atoms with Crippen molar-refractivity contribution in [2.45, 2.75) is 30.9 Å². The van der Waals surface area contributed by atoms with Gasteiger partial charge in [-0.25, -0.2) is 4.79 Å². The van der Waals surface area contributed by atoms with E-state index in [4.69, 9.17) is 9.47 Å². The van der Waals surface area contributed by atoms with E-state index in [2.05, 4.69) is 34.6 Å². The van der Waals surface area contributed by atoms with E-state index in [-0.39, 0.29) is 12.5 Å². The van der Waals surface area contributed by atoms with Gasteiger partial charge in [-0.1, -0.05) is 66.7 Å². The number of amides is 1. The van der Waals surface area contributed by atoms with Crippen LogP contribution in [0.5, 0.6) is 0 Å². The van der Waals surface area contributed by atoms with E-state index in [1.165, 1.54) is 11.1 Å². The first-order chi connectivity index (χ1) is 16.7. The summed E-state index contributed by atoms with van der Waals surface area (Å²) in [5.74, 6) is -0.0346. The number of aryl methyl sites for hydroxylation is 1. The van der Waals surface area contributed by atoms with E-state index in [0.29, 0.717) is 25.7 Å². The Morgan fingerprint density at radius 3 is 2.41 bits per heavy atom. The fourth-order valence-corrected chi connectivity index (χ4v) is 5.52. The molecule has 1 atom stereocenters. The van der Waals surface area contributed by atoms with Crippen LogP contribution in [0.15, 0.2) is 72.8 Å². The molecule has 6 nitrogen and oxygen atoms in total. The van der Waals surface area contributed by atoms with E-state index in [1.807, 2.05) is 48.5 Å². The number of alkyl carbamates (subject to hydrolysis) is 1. The highest BCUT2D eigenvalue weighted by Gasteiger charge is 2.40. The Bertz CT molecular complexity index is 1360. The van der Waals surface area contributed by atoms with E-state index in [0.717, 1.165) is 33.3 Å². The smallest absolute Gasteiger partial charge is 0.410 e. The van der Waals surface area contributed by atoms with Crippen LogP contribution in [0.1, 0.15) is 34.7 Å². The van der Waals surface area contributed by atoms with Gasteiger partial charge in [-0.3, -0.25) is 10.1 Å². The summed E-state index contributed by atoms with van der Waals surface area (Å²) in [5.41, 5.74) is 6.72. The zero-order valence-electron chi connectivity index (χ0n) is 18.5. The quantitative estimate of drug-likeness (QED) is 0.327. The molecule has 4 aromatic rings. The van der Waals surface area contributed by atoms with Crippen LogP contribution in [-0.4, -0.2) is 29.9 Å². The molecule has 1 aromatic heterocycles. The maximum absolute atomic E-state index is 12.9. The van der Waals surface area contributed by atoms with Crippen molar-refractivity contribution in [3.63, 3.8) is 0 Å². The lowest BCUT2D eigenvalue weighted by molar-refractivity contribution is -0.147. The van der Waals surface area contributed by atoms with Crippen molar-refractivity contribution in [2.24, 2.45) is 0 Å². The second-order valence-electron chi connectivity index (χ2n) is 8.96. The third kappa shape index (κ3) is 3.34. The van der Waals surface area contributed by atoms with Gasteiger partial charge < -0.3 is 14.5 Å². The normalized spacial score (nSPS) is 18.6. The number of nitrogens with one attached hydrogen (secondary N) is 2. The molecule has 34 heavy (non-hydrogen) atoms. The number of para-hydroxylation sites is 1. The van der Waals surface area contributed by atoms with Gasteiger partial charge in [0.1, 0.15) is 6.61 Å². The van der Waals surface area contributed by atoms with Crippen LogP contribution < -0.4 is 5.32 Å². The van der Waals surface area contributed by atoms with Gasteiger partial charge in [-0.2, -0.15) is 0 Å². The van der Waals surface area contributed by atoms with Crippen molar-refractivity contribution < 1.29 is 19.1 Å². The Morgan fingerprint density at radius 2 is 1.68 bits per heavy atom. The number of benzene rings is 3. The molecule has 0 bridgehead atoms. The molecular formula is C28H24N2O4. The molecule has 0 unspecified atom stereocenters. The third-order valence-corrected chi connectivity index (χ3v) is 7.09. The molecule has 0 fully saturated rings. The summed E-state index contributed by atoms with van der Waals surface area (Å²) in [6, 6.07) is 24.4. The Morgan fingerprint density at radius 1 is 1.00 bits per heavy atom. The fraction of sp³-hybridized carbons (Fsp3) is 0.214. The molecule has 0 saturated carbocycles. The second kappa shape index (κ2) is 8.06. The average Bonchev–Trinajstić information content (AvgIpc) is 3.38. The first-order valence-corrected chi connectivity index (χ1v) is 11.5. The Kier molecular flexibility index (Phi) is 4.87. The van der Waals surface area contributed by atoms with E-state index < -0.39 is 11.8 Å². The topological polar surface area (TPSA) is 80.4 Å². The number of aromatic nitrogens is 1. The number of aromatic amines is 1. The minimum Gasteiger partial charge on any atom is -0.448 e. The van der Waals surface area contributed by atoms with E-state index in [9.17, 15) is 9.59 Å². The van der Waals surface area contributed by atoms with Crippen LogP contribution in [0.2, 0.25) is 0 Å². The van der Waals surface area contributed by atoms with Crippen LogP contribution in [-0.2, 0) is 27.1 Å². The standard InChI is InChI=1S/C28H24N2O4/c31-17-34-28(14-13-26-23(15-28)22-11-5-6-12-25(22)29-26)30-27(32)33-16-24-20-9-3-1-7-18(20)19-8-2-4-10-21(19)24/h1-12,17,24,29H,13-16H2,(H,30,32)/t28-/m1/s1. The van der Waals surface area contributed by atoms with Gasteiger partial charge in [0.25, 0.3) is 6.47 Å². The summed E-state index contributed by atoms with van der Waals surface area (Å²) in [4.78, 5) is 27.8. The number of carbonyl (C=O) groups excluding carboxylic acids is 2. The van der Waals surface area contributed by atoms with Crippen LogP contribution in [0.25, 0.3) is 22.0 Å². The molecule has 0 spiro atoms. The van der Waals surface area contributed by atoms with Gasteiger partial charge in [-0.15, -0.1) is 0 Å². The highest BCUT2D eigenvalue weighted by atomic mass is 16.6. The summed E-state index contributed by atoms with van der Waals surface area (Å²) in [5, 5.41) is 3.95. The minimum absolute atomic E-state index is 0.0346. The number of ether oxygens (including phenoxy) is 2. The zero-order valence-corrected chi connectivity index (χ0v) is 18.5. The number of carbonyl (C=O) groups is 2. The predicted molar refractivity (Wildman–Crippen MR) is 128 cm³/mol. The average molecular weight is 453 g/mol. The highest BCUT2D eigenvalue weighted by molar-refractivity contribution is 5.85. The Balaban J connectivity index is 1.21. The summed E-state index contributed by atoms with van der Waals surface area (Å²) < 4.78 is 11.2. The lowest BCUT2D eigenvalue weighted by Crippen LogP contribution is -2.54. The third-order valence-electron chi connectivity index (χ3n) is 7.09. The van der Waals surface area contributed by atoms with Crippen molar-refractivity contribution in [3.8, 4) is 11.1 Å². The maximum Gasteiger partial charge on any atom is 0.410 e. The summed E-state index contributed by atoms with van der Waals surface area (Å²) in [6.07, 6.45) is 0.916. The second-order valence-corrected chi connectivity index (χ2v) is 8.96. The zero-order chi connectivity index (χ0) is 23.1. The van der Waals surface area contributed by atoms with Crippen molar-refractivity contribution >= 4 is 23.5 Å². The molecule has 2 aliphatic rings. The molecule has 1 amide bonds. The SMILES string of the molecule is O=CO[C@]1(NC(=O)OCC2c3ccccc3-c3ccccc32)CCc2[nH]c3ccccc3c2C1. The molecule has 170 valence electrons. The molecule has 6 heteroatoms. The van der Waals surface area contributed by atoms with E-state index in [1.54, 1.807) is 0 Å². The number of hydrogen-bond acceptors (Lipinski definition) is 4. The molecule has 0 radical (unpaired) electrons. The van der Waals surface area contributed by atoms with Crippen molar-refractivity contribution in [1.82, 2.24) is 10.3 Å². The Hall–Kier alpha value is -4.06. The van der Waals surface area contributed by atoms with E-state index >= 15 is 0 Å². The van der Waals surface area contributed by atoms with Crippen LogP contribution in [0, 0.1) is 0 Å². The van der Waals surface area contributed by atoms with Gasteiger partial charge in [0.2, 0.25) is 0 Å². The van der Waals surface area contributed by atoms with Crippen LogP contribution in [0.3, 0.4) is 0 Å². The summed E-state index contributed by atoms with van der Waals surface area (Å²) in [6.45, 7) is 0.610. The molecule has 2 aliphatic carbocycles. The first-order valence-electron chi connectivity index (χ1n) is 11.5. The molecule has 6 rings (SSSR count). The van der Waals surface area contributed by atoms with Crippen molar-refractivity contribution in [1.29, 1.82) is 0 Å². The summed E-state index contributed by atoms with van der Waals surface area (Å²) in [7, 11) is 0. The fourth-order valence-electron chi connectivity index (χ4n) is 5.52.